The molecule has 1 rings (SSSR count). The Kier molecular flexibility index (Phi) is 4.85. The molecule has 0 amide bonds. The molecule has 0 atom stereocenters. The zero-order chi connectivity index (χ0) is 12.3. The minimum atomic E-state index is -2.77. The molecule has 1 aromatic rings. The number of carbonyl (C=O) groups is 1. The topological polar surface area (TPSA) is 39.2 Å². The Bertz CT molecular complexity index is 415. The number of aromatic nitrogens is 1. The smallest absolute Gasteiger partial charge is 0.310 e. The lowest BCUT2D eigenvalue weighted by Crippen LogP contribution is -2.07. The molecule has 0 N–H and O–H groups in total. The van der Waals surface area contributed by atoms with Gasteiger partial charge in [-0.05, 0) is 34.2 Å². The van der Waals surface area contributed by atoms with Crippen molar-refractivity contribution in [3.63, 3.8) is 0 Å². The molecule has 0 radical (unpaired) electrons. The molecule has 0 bridgehead atoms. The predicted molar refractivity (Wildman–Crippen MR) is 62.6 cm³/mol. The summed E-state index contributed by atoms with van der Waals surface area (Å²) in [6.07, 6.45) is -2.91. The first-order valence-corrected chi connectivity index (χ1v) is 5.61. The molecule has 0 unspecified atom stereocenters. The van der Waals surface area contributed by atoms with Crippen LogP contribution < -0.4 is 0 Å². The molecular formula is C9H7ClF2INO2. The molecule has 0 spiro atoms. The van der Waals surface area contributed by atoms with Crippen LogP contribution in [0.2, 0.25) is 5.02 Å². The van der Waals surface area contributed by atoms with Crippen molar-refractivity contribution in [1.82, 2.24) is 4.98 Å². The quantitative estimate of drug-likeness (QED) is 0.472. The van der Waals surface area contributed by atoms with Crippen LogP contribution >= 0.6 is 34.2 Å². The Labute approximate surface area is 109 Å². The summed E-state index contributed by atoms with van der Waals surface area (Å²) in [6.45, 7) is 0. The maximum atomic E-state index is 12.5. The molecule has 0 saturated heterocycles. The number of halogens is 4. The maximum absolute atomic E-state index is 12.5. The number of rotatable bonds is 3. The van der Waals surface area contributed by atoms with Gasteiger partial charge in [0, 0.05) is 0 Å². The summed E-state index contributed by atoms with van der Waals surface area (Å²) in [5.74, 6) is -0.538. The van der Waals surface area contributed by atoms with Gasteiger partial charge in [-0.3, -0.25) is 4.79 Å². The van der Waals surface area contributed by atoms with Crippen molar-refractivity contribution in [2.75, 3.05) is 7.11 Å². The van der Waals surface area contributed by atoms with Crippen LogP contribution in [0.3, 0.4) is 0 Å². The third kappa shape index (κ3) is 3.24. The lowest BCUT2D eigenvalue weighted by molar-refractivity contribution is -0.139. The lowest BCUT2D eigenvalue weighted by atomic mass is 10.1. The molecule has 0 aliphatic heterocycles. The number of hydrogen-bond donors (Lipinski definition) is 0. The summed E-state index contributed by atoms with van der Waals surface area (Å²) in [4.78, 5) is 14.7. The van der Waals surface area contributed by atoms with Crippen LogP contribution in [-0.4, -0.2) is 18.1 Å². The van der Waals surface area contributed by atoms with Crippen LogP contribution in [0, 0.1) is 3.70 Å². The van der Waals surface area contributed by atoms with E-state index in [2.05, 4.69) is 9.72 Å². The number of carbonyl (C=O) groups excluding carboxylic acids is 1. The van der Waals surface area contributed by atoms with Gasteiger partial charge in [-0.25, -0.2) is 13.8 Å². The molecule has 0 aliphatic carbocycles. The van der Waals surface area contributed by atoms with Gasteiger partial charge in [-0.2, -0.15) is 0 Å². The standard InChI is InChI=1S/C9H7ClF2INO2/c1-16-6(15)3-4-2-5(13)14-8(7(4)10)9(11)12/h2,9H,3H2,1H3. The summed E-state index contributed by atoms with van der Waals surface area (Å²) in [5, 5.41) is -0.180. The molecule has 1 heterocycles. The Morgan fingerprint density at radius 1 is 1.69 bits per heavy atom. The van der Waals surface area contributed by atoms with Gasteiger partial charge in [0.05, 0.1) is 18.6 Å². The van der Waals surface area contributed by atoms with E-state index in [4.69, 9.17) is 11.6 Å². The second kappa shape index (κ2) is 5.72. The summed E-state index contributed by atoms with van der Waals surface area (Å²) < 4.78 is 29.9. The molecule has 0 saturated carbocycles. The highest BCUT2D eigenvalue weighted by Gasteiger charge is 2.19. The van der Waals surface area contributed by atoms with E-state index >= 15 is 0 Å². The predicted octanol–water partition coefficient (Wildman–Crippen LogP) is 2.99. The molecule has 0 aromatic carbocycles. The van der Waals surface area contributed by atoms with Gasteiger partial charge >= 0.3 is 5.97 Å². The highest BCUT2D eigenvalue weighted by Crippen LogP contribution is 2.29. The Balaban J connectivity index is 3.14. The molecule has 0 fully saturated rings. The van der Waals surface area contributed by atoms with Crippen LogP contribution in [-0.2, 0) is 16.0 Å². The van der Waals surface area contributed by atoms with E-state index in [9.17, 15) is 13.6 Å². The molecule has 16 heavy (non-hydrogen) atoms. The zero-order valence-electron chi connectivity index (χ0n) is 8.14. The highest BCUT2D eigenvalue weighted by molar-refractivity contribution is 14.1. The fourth-order valence-corrected chi connectivity index (χ4v) is 1.95. The van der Waals surface area contributed by atoms with Crippen molar-refractivity contribution in [1.29, 1.82) is 0 Å². The fraction of sp³-hybridized carbons (Fsp3) is 0.333. The van der Waals surface area contributed by atoms with Crippen LogP contribution in [0.25, 0.3) is 0 Å². The molecule has 1 aromatic heterocycles. The second-order valence-corrected chi connectivity index (χ2v) is 4.34. The van der Waals surface area contributed by atoms with E-state index in [1.807, 2.05) is 0 Å². The van der Waals surface area contributed by atoms with Crippen LogP contribution in [0.1, 0.15) is 17.7 Å². The Morgan fingerprint density at radius 3 is 2.81 bits per heavy atom. The van der Waals surface area contributed by atoms with Gasteiger partial charge in [0.15, 0.2) is 0 Å². The number of ether oxygens (including phenoxy) is 1. The first-order chi connectivity index (χ1) is 7.45. The SMILES string of the molecule is COC(=O)Cc1cc(I)nc(C(F)F)c1Cl. The number of methoxy groups -OCH3 is 1. The first-order valence-electron chi connectivity index (χ1n) is 4.15. The largest absolute Gasteiger partial charge is 0.469 e. The average molecular weight is 362 g/mol. The van der Waals surface area contributed by atoms with Crippen molar-refractivity contribution in [3.8, 4) is 0 Å². The van der Waals surface area contributed by atoms with Crippen LogP contribution in [0.5, 0.6) is 0 Å². The molecule has 0 aliphatic rings. The Hall–Kier alpha value is -0.500. The highest BCUT2D eigenvalue weighted by atomic mass is 127. The Morgan fingerprint density at radius 2 is 2.31 bits per heavy atom. The monoisotopic (exact) mass is 361 g/mol. The molecule has 7 heteroatoms. The minimum absolute atomic E-state index is 0.145. The summed E-state index contributed by atoms with van der Waals surface area (Å²) >= 11 is 7.51. The van der Waals surface area contributed by atoms with Gasteiger partial charge < -0.3 is 4.74 Å². The lowest BCUT2D eigenvalue weighted by Gasteiger charge is -2.08. The van der Waals surface area contributed by atoms with Crippen LogP contribution in [0.4, 0.5) is 8.78 Å². The first kappa shape index (κ1) is 13.6. The number of esters is 1. The van der Waals surface area contributed by atoms with Gasteiger partial charge in [0.25, 0.3) is 6.43 Å². The number of hydrogen-bond acceptors (Lipinski definition) is 3. The van der Waals surface area contributed by atoms with E-state index in [1.54, 1.807) is 22.6 Å². The van der Waals surface area contributed by atoms with Gasteiger partial charge in [0.2, 0.25) is 0 Å². The van der Waals surface area contributed by atoms with Gasteiger partial charge in [-0.15, -0.1) is 0 Å². The number of pyridine rings is 1. The third-order valence-electron chi connectivity index (χ3n) is 1.80. The molecule has 3 nitrogen and oxygen atoms in total. The number of nitrogens with zero attached hydrogens (tertiary/aromatic N) is 1. The van der Waals surface area contributed by atoms with E-state index < -0.39 is 18.1 Å². The summed E-state index contributed by atoms with van der Waals surface area (Å²) in [7, 11) is 1.22. The van der Waals surface area contributed by atoms with Crippen molar-refractivity contribution in [2.24, 2.45) is 0 Å². The number of alkyl halides is 2. The molecular weight excluding hydrogens is 354 g/mol. The van der Waals surface area contributed by atoms with Gasteiger partial charge in [0.1, 0.15) is 9.39 Å². The average Bonchev–Trinajstić information content (AvgIpc) is 2.22. The second-order valence-electron chi connectivity index (χ2n) is 2.86. The zero-order valence-corrected chi connectivity index (χ0v) is 11.1. The fourth-order valence-electron chi connectivity index (χ4n) is 1.07. The van der Waals surface area contributed by atoms with E-state index in [1.165, 1.54) is 13.2 Å². The van der Waals surface area contributed by atoms with Gasteiger partial charge in [-0.1, -0.05) is 11.6 Å². The maximum Gasteiger partial charge on any atom is 0.310 e. The molecule has 88 valence electrons. The van der Waals surface area contributed by atoms with Crippen molar-refractivity contribution < 1.29 is 18.3 Å². The van der Waals surface area contributed by atoms with E-state index in [0.717, 1.165) is 0 Å². The van der Waals surface area contributed by atoms with E-state index in [-0.39, 0.29) is 11.4 Å². The van der Waals surface area contributed by atoms with Crippen molar-refractivity contribution in [2.45, 2.75) is 12.8 Å². The van der Waals surface area contributed by atoms with Crippen molar-refractivity contribution >= 4 is 40.2 Å². The van der Waals surface area contributed by atoms with E-state index in [0.29, 0.717) is 9.26 Å². The van der Waals surface area contributed by atoms with Crippen molar-refractivity contribution in [3.05, 3.63) is 26.0 Å². The summed E-state index contributed by atoms with van der Waals surface area (Å²) in [5.41, 5.74) is -0.212. The van der Waals surface area contributed by atoms with Crippen LogP contribution in [0.15, 0.2) is 6.07 Å². The third-order valence-corrected chi connectivity index (χ3v) is 2.79. The normalized spacial score (nSPS) is 10.6. The minimum Gasteiger partial charge on any atom is -0.469 e. The summed E-state index contributed by atoms with van der Waals surface area (Å²) in [6, 6.07) is 1.48.